The van der Waals surface area contributed by atoms with E-state index in [0.29, 0.717) is 6.54 Å². The molecule has 1 aromatic heterocycles. The van der Waals surface area contributed by atoms with Gasteiger partial charge in [-0.1, -0.05) is 6.07 Å². The van der Waals surface area contributed by atoms with E-state index in [0.717, 1.165) is 31.7 Å². The average molecular weight is 276 g/mol. The number of hydrogen-bond donors (Lipinski definition) is 2. The van der Waals surface area contributed by atoms with Crippen LogP contribution in [0.2, 0.25) is 0 Å². The molecule has 2 rings (SSSR count). The highest BCUT2D eigenvalue weighted by molar-refractivity contribution is 5.82. The lowest BCUT2D eigenvalue weighted by atomic mass is 9.91. The third-order valence-electron chi connectivity index (χ3n) is 3.93. The molecule has 0 spiro atoms. The number of nitrogens with two attached hydrogens (primary N) is 1. The zero-order chi connectivity index (χ0) is 14.6. The maximum Gasteiger partial charge on any atom is 0.227 e. The van der Waals surface area contributed by atoms with E-state index in [1.807, 2.05) is 38.2 Å². The summed E-state index contributed by atoms with van der Waals surface area (Å²) in [7, 11) is 0. The van der Waals surface area contributed by atoms with Crippen molar-refractivity contribution in [1.82, 2.24) is 10.3 Å². The minimum atomic E-state index is -0.488. The van der Waals surface area contributed by atoms with Crippen LogP contribution in [0.4, 0.5) is 5.82 Å². The topological polar surface area (TPSA) is 71.2 Å². The van der Waals surface area contributed by atoms with E-state index >= 15 is 0 Å². The smallest absolute Gasteiger partial charge is 0.227 e. The Kier molecular flexibility index (Phi) is 4.60. The summed E-state index contributed by atoms with van der Waals surface area (Å²) in [5.41, 5.74) is 5.15. The van der Waals surface area contributed by atoms with Gasteiger partial charge in [0.25, 0.3) is 0 Å². The molecular weight excluding hydrogens is 252 g/mol. The summed E-state index contributed by atoms with van der Waals surface area (Å²) in [4.78, 5) is 18.7. The van der Waals surface area contributed by atoms with Gasteiger partial charge in [0.05, 0.1) is 5.41 Å². The maximum absolute atomic E-state index is 12.1. The molecule has 0 unspecified atom stereocenters. The minimum absolute atomic E-state index is 0.0521. The van der Waals surface area contributed by atoms with Gasteiger partial charge in [0, 0.05) is 31.9 Å². The molecule has 1 fully saturated rings. The fourth-order valence-electron chi connectivity index (χ4n) is 2.27. The number of pyridine rings is 1. The largest absolute Gasteiger partial charge is 0.356 e. The summed E-state index contributed by atoms with van der Waals surface area (Å²) >= 11 is 0. The van der Waals surface area contributed by atoms with Crippen molar-refractivity contribution in [2.75, 3.05) is 24.5 Å². The number of carbonyl (C=O) groups is 1. The van der Waals surface area contributed by atoms with Crippen LogP contribution in [0.25, 0.3) is 0 Å². The van der Waals surface area contributed by atoms with Crippen molar-refractivity contribution in [2.45, 2.75) is 32.7 Å². The molecule has 0 aliphatic carbocycles. The van der Waals surface area contributed by atoms with Crippen LogP contribution in [-0.2, 0) is 4.79 Å². The van der Waals surface area contributed by atoms with Gasteiger partial charge in [-0.25, -0.2) is 4.98 Å². The molecule has 1 amide bonds. The highest BCUT2D eigenvalue weighted by Crippen LogP contribution is 2.19. The quantitative estimate of drug-likeness (QED) is 0.865. The van der Waals surface area contributed by atoms with Crippen LogP contribution in [-0.4, -0.2) is 36.6 Å². The normalized spacial score (nSPS) is 17.1. The number of piperidine rings is 1. The van der Waals surface area contributed by atoms with E-state index in [-0.39, 0.29) is 11.9 Å². The lowest BCUT2D eigenvalue weighted by molar-refractivity contribution is -0.129. The number of hydrogen-bond acceptors (Lipinski definition) is 4. The fourth-order valence-corrected chi connectivity index (χ4v) is 2.27. The number of nitrogens with one attached hydrogen (secondary N) is 1. The molecule has 1 aromatic rings. The predicted octanol–water partition coefficient (Wildman–Crippen LogP) is 1.15. The van der Waals surface area contributed by atoms with Gasteiger partial charge in [-0.3, -0.25) is 4.79 Å². The van der Waals surface area contributed by atoms with Crippen molar-refractivity contribution >= 4 is 11.7 Å². The van der Waals surface area contributed by atoms with Crippen molar-refractivity contribution < 1.29 is 4.79 Å². The van der Waals surface area contributed by atoms with E-state index in [9.17, 15) is 4.79 Å². The predicted molar refractivity (Wildman–Crippen MR) is 80.5 cm³/mol. The zero-order valence-corrected chi connectivity index (χ0v) is 12.3. The van der Waals surface area contributed by atoms with Gasteiger partial charge >= 0.3 is 0 Å². The van der Waals surface area contributed by atoms with Crippen molar-refractivity contribution in [3.8, 4) is 0 Å². The first-order chi connectivity index (χ1) is 9.53. The van der Waals surface area contributed by atoms with Gasteiger partial charge in [-0.15, -0.1) is 0 Å². The Morgan fingerprint density at radius 3 is 2.70 bits per heavy atom. The molecule has 5 heteroatoms. The van der Waals surface area contributed by atoms with Crippen LogP contribution in [0.1, 0.15) is 26.7 Å². The summed E-state index contributed by atoms with van der Waals surface area (Å²) < 4.78 is 0. The molecule has 0 saturated carbocycles. The third kappa shape index (κ3) is 3.48. The molecule has 0 radical (unpaired) electrons. The van der Waals surface area contributed by atoms with Gasteiger partial charge in [-0.05, 0) is 38.8 Å². The molecule has 0 aromatic carbocycles. The first-order valence-electron chi connectivity index (χ1n) is 7.20. The molecule has 3 N–H and O–H groups in total. The molecule has 1 aliphatic heterocycles. The van der Waals surface area contributed by atoms with E-state index in [1.54, 1.807) is 0 Å². The van der Waals surface area contributed by atoms with E-state index < -0.39 is 5.41 Å². The van der Waals surface area contributed by atoms with Crippen molar-refractivity contribution in [3.05, 3.63) is 24.4 Å². The second-order valence-corrected chi connectivity index (χ2v) is 6.01. The fraction of sp³-hybridized carbons (Fsp3) is 0.600. The molecule has 1 saturated heterocycles. The maximum atomic E-state index is 12.1. The first-order valence-corrected chi connectivity index (χ1v) is 7.20. The molecular formula is C15H24N4O. The number of aromatic nitrogens is 1. The molecule has 0 atom stereocenters. The molecule has 2 heterocycles. The van der Waals surface area contributed by atoms with E-state index in [4.69, 9.17) is 5.73 Å². The third-order valence-corrected chi connectivity index (χ3v) is 3.93. The summed E-state index contributed by atoms with van der Waals surface area (Å²) in [6.45, 7) is 5.97. The molecule has 1 aliphatic rings. The highest BCUT2D eigenvalue weighted by Gasteiger charge is 2.29. The lowest BCUT2D eigenvalue weighted by Crippen LogP contribution is -2.50. The highest BCUT2D eigenvalue weighted by atomic mass is 16.2. The Hall–Kier alpha value is -1.62. The van der Waals surface area contributed by atoms with Crippen LogP contribution >= 0.6 is 0 Å². The summed E-state index contributed by atoms with van der Waals surface area (Å²) in [5, 5.41) is 3.12. The van der Waals surface area contributed by atoms with Gasteiger partial charge in [0.2, 0.25) is 5.91 Å². The molecule has 110 valence electrons. The Morgan fingerprint density at radius 1 is 1.45 bits per heavy atom. The second-order valence-electron chi connectivity index (χ2n) is 6.01. The minimum Gasteiger partial charge on any atom is -0.356 e. The van der Waals surface area contributed by atoms with Crippen LogP contribution in [0.5, 0.6) is 0 Å². The summed E-state index contributed by atoms with van der Waals surface area (Å²) in [6, 6.07) is 6.19. The van der Waals surface area contributed by atoms with Crippen molar-refractivity contribution in [2.24, 2.45) is 11.1 Å². The molecule has 0 bridgehead atoms. The Morgan fingerprint density at radius 2 is 2.15 bits per heavy atom. The Bertz CT molecular complexity index is 438. The SMILES string of the molecule is CC(C)(CN)C(=O)NC1CCN(c2ccccn2)CC1. The van der Waals surface area contributed by atoms with Crippen LogP contribution in [0.15, 0.2) is 24.4 Å². The zero-order valence-electron chi connectivity index (χ0n) is 12.3. The number of carbonyl (C=O) groups excluding carboxylic acids is 1. The van der Waals surface area contributed by atoms with Crippen molar-refractivity contribution in [3.63, 3.8) is 0 Å². The Labute approximate surface area is 120 Å². The van der Waals surface area contributed by atoms with Crippen LogP contribution < -0.4 is 16.0 Å². The number of nitrogens with zero attached hydrogens (tertiary/aromatic N) is 2. The van der Waals surface area contributed by atoms with E-state index in [1.165, 1.54) is 0 Å². The molecule has 5 nitrogen and oxygen atoms in total. The number of rotatable bonds is 4. The standard InChI is InChI=1S/C15H24N4O/c1-15(2,11-16)14(20)18-12-6-9-19(10-7-12)13-5-3-4-8-17-13/h3-5,8,12H,6-7,9-11,16H2,1-2H3,(H,18,20). The second kappa shape index (κ2) is 6.22. The van der Waals surface area contributed by atoms with Crippen molar-refractivity contribution in [1.29, 1.82) is 0 Å². The molecule has 20 heavy (non-hydrogen) atoms. The average Bonchev–Trinajstić information content (AvgIpc) is 2.49. The summed E-state index contributed by atoms with van der Waals surface area (Å²) in [6.07, 6.45) is 3.71. The van der Waals surface area contributed by atoms with Crippen LogP contribution in [0.3, 0.4) is 0 Å². The monoisotopic (exact) mass is 276 g/mol. The van der Waals surface area contributed by atoms with Gasteiger partial charge in [-0.2, -0.15) is 0 Å². The number of anilines is 1. The summed E-state index contributed by atoms with van der Waals surface area (Å²) in [5.74, 6) is 1.07. The van der Waals surface area contributed by atoms with Gasteiger partial charge < -0.3 is 16.0 Å². The van der Waals surface area contributed by atoms with Crippen LogP contribution in [0, 0.1) is 5.41 Å². The van der Waals surface area contributed by atoms with Gasteiger partial charge in [0.15, 0.2) is 0 Å². The Balaban J connectivity index is 1.85. The van der Waals surface area contributed by atoms with Gasteiger partial charge in [0.1, 0.15) is 5.82 Å². The lowest BCUT2D eigenvalue weighted by Gasteiger charge is -2.34. The van der Waals surface area contributed by atoms with E-state index in [2.05, 4.69) is 15.2 Å². The first kappa shape index (κ1) is 14.8. The number of amides is 1.